The summed E-state index contributed by atoms with van der Waals surface area (Å²) in [4.78, 5) is 12.6. The predicted octanol–water partition coefficient (Wildman–Crippen LogP) is 3.09. The number of hydrogen-bond donors (Lipinski definition) is 1. The molecule has 1 aromatic carbocycles. The molecule has 6 nitrogen and oxygen atoms in total. The molecule has 2 heterocycles. The first kappa shape index (κ1) is 17.1. The molecule has 4 rings (SSSR count). The lowest BCUT2D eigenvalue weighted by Gasteiger charge is -2.44. The average Bonchev–Trinajstić information content (AvgIpc) is 3.05. The zero-order valence-corrected chi connectivity index (χ0v) is 15.3. The zero-order chi connectivity index (χ0) is 18.0. The maximum absolute atomic E-state index is 12.6. The molecule has 1 amide bonds. The van der Waals surface area contributed by atoms with Crippen molar-refractivity contribution in [3.63, 3.8) is 0 Å². The second-order valence-electron chi connectivity index (χ2n) is 7.57. The number of aryl methyl sites for hydroxylation is 2. The molecule has 6 heteroatoms. The van der Waals surface area contributed by atoms with Crippen molar-refractivity contribution in [1.82, 2.24) is 20.1 Å². The quantitative estimate of drug-likeness (QED) is 0.916. The minimum absolute atomic E-state index is 0.0186. The van der Waals surface area contributed by atoms with E-state index < -0.39 is 0 Å². The molecule has 138 valence electrons. The summed E-state index contributed by atoms with van der Waals surface area (Å²) < 4.78 is 8.29. The number of benzene rings is 1. The van der Waals surface area contributed by atoms with Crippen LogP contribution in [0.2, 0.25) is 0 Å². The highest BCUT2D eigenvalue weighted by Gasteiger charge is 2.42. The fourth-order valence-electron chi connectivity index (χ4n) is 4.27. The van der Waals surface area contributed by atoms with E-state index in [4.69, 9.17) is 4.74 Å². The zero-order valence-electron chi connectivity index (χ0n) is 15.3. The van der Waals surface area contributed by atoms with Crippen LogP contribution in [-0.2, 0) is 18.3 Å². The van der Waals surface area contributed by atoms with Crippen molar-refractivity contribution < 1.29 is 9.53 Å². The van der Waals surface area contributed by atoms with E-state index >= 15 is 0 Å². The average molecular weight is 354 g/mol. The van der Waals surface area contributed by atoms with E-state index in [-0.39, 0.29) is 17.6 Å². The van der Waals surface area contributed by atoms with Gasteiger partial charge in [0, 0.05) is 31.9 Å². The molecule has 2 aliphatic rings. The van der Waals surface area contributed by atoms with Gasteiger partial charge >= 0.3 is 0 Å². The van der Waals surface area contributed by atoms with Crippen molar-refractivity contribution in [2.45, 2.75) is 63.0 Å². The summed E-state index contributed by atoms with van der Waals surface area (Å²) in [5.41, 5.74) is 0.976. The Morgan fingerprint density at radius 2 is 2.12 bits per heavy atom. The summed E-state index contributed by atoms with van der Waals surface area (Å²) in [6, 6.07) is 8.14. The van der Waals surface area contributed by atoms with Crippen LogP contribution in [0.25, 0.3) is 0 Å². The molecule has 0 bridgehead atoms. The minimum Gasteiger partial charge on any atom is -0.487 e. The van der Waals surface area contributed by atoms with E-state index in [0.29, 0.717) is 12.8 Å². The largest absolute Gasteiger partial charge is 0.487 e. The van der Waals surface area contributed by atoms with Gasteiger partial charge < -0.3 is 14.6 Å². The summed E-state index contributed by atoms with van der Waals surface area (Å²) in [6.45, 7) is 0. The Kier molecular flexibility index (Phi) is 4.66. The van der Waals surface area contributed by atoms with Gasteiger partial charge in [0.15, 0.2) is 0 Å². The number of nitrogens with one attached hydrogen (secondary N) is 1. The van der Waals surface area contributed by atoms with Crippen LogP contribution in [0.3, 0.4) is 0 Å². The van der Waals surface area contributed by atoms with Gasteiger partial charge in [0.25, 0.3) is 0 Å². The molecule has 1 aliphatic carbocycles. The van der Waals surface area contributed by atoms with E-state index in [1.807, 2.05) is 29.8 Å². The third-order valence-corrected chi connectivity index (χ3v) is 5.68. The third-order valence-electron chi connectivity index (χ3n) is 5.68. The highest BCUT2D eigenvalue weighted by molar-refractivity contribution is 5.76. The van der Waals surface area contributed by atoms with E-state index in [1.54, 1.807) is 6.33 Å². The van der Waals surface area contributed by atoms with Crippen LogP contribution in [0, 0.1) is 0 Å². The SMILES string of the molecule is Cn1cnnc1CCC(=O)N[C@@H]1CC2(CCCCC2)Oc2ccccc21. The molecular weight excluding hydrogens is 328 g/mol. The van der Waals surface area contributed by atoms with Crippen LogP contribution < -0.4 is 10.1 Å². The molecule has 1 N–H and O–H groups in total. The van der Waals surface area contributed by atoms with Crippen LogP contribution in [0.15, 0.2) is 30.6 Å². The number of carbonyl (C=O) groups excluding carboxylic acids is 1. The number of aromatic nitrogens is 3. The molecule has 1 fully saturated rings. The summed E-state index contributed by atoms with van der Waals surface area (Å²) in [7, 11) is 1.90. The number of para-hydroxylation sites is 1. The van der Waals surface area contributed by atoms with Gasteiger partial charge in [0.2, 0.25) is 5.91 Å². The van der Waals surface area contributed by atoms with Crippen LogP contribution in [0.5, 0.6) is 5.75 Å². The Bertz CT molecular complexity index is 780. The molecule has 1 aromatic heterocycles. The van der Waals surface area contributed by atoms with Crippen LogP contribution in [0.1, 0.15) is 62.4 Å². The Morgan fingerprint density at radius 1 is 1.31 bits per heavy atom. The maximum atomic E-state index is 12.6. The molecule has 0 saturated heterocycles. The first-order chi connectivity index (χ1) is 12.7. The van der Waals surface area contributed by atoms with Gasteiger partial charge in [-0.05, 0) is 31.7 Å². The van der Waals surface area contributed by atoms with Crippen LogP contribution >= 0.6 is 0 Å². The second kappa shape index (κ2) is 7.09. The second-order valence-corrected chi connectivity index (χ2v) is 7.57. The third kappa shape index (κ3) is 3.45. The number of carbonyl (C=O) groups is 1. The molecular formula is C20H26N4O2. The van der Waals surface area contributed by atoms with Gasteiger partial charge in [0.05, 0.1) is 6.04 Å². The predicted molar refractivity (Wildman–Crippen MR) is 97.7 cm³/mol. The lowest BCUT2D eigenvalue weighted by Crippen LogP contribution is -2.46. The smallest absolute Gasteiger partial charge is 0.220 e. The summed E-state index contributed by atoms with van der Waals surface area (Å²) >= 11 is 0. The minimum atomic E-state index is -0.117. The van der Waals surface area contributed by atoms with Crippen LogP contribution in [0.4, 0.5) is 0 Å². The van der Waals surface area contributed by atoms with Crippen LogP contribution in [-0.4, -0.2) is 26.3 Å². The molecule has 0 radical (unpaired) electrons. The number of hydrogen-bond acceptors (Lipinski definition) is 4. The van der Waals surface area contributed by atoms with E-state index in [9.17, 15) is 4.79 Å². The standard InChI is InChI=1S/C20H26N4O2/c1-24-14-21-23-18(24)9-10-19(25)22-16-13-20(11-5-2-6-12-20)26-17-8-4-3-7-15(16)17/h3-4,7-8,14,16H,2,5-6,9-13H2,1H3,(H,22,25)/t16-/m1/s1. The van der Waals surface area contributed by atoms with Gasteiger partial charge in [0.1, 0.15) is 23.5 Å². The molecule has 1 saturated carbocycles. The van der Waals surface area contributed by atoms with Crippen molar-refractivity contribution in [3.8, 4) is 5.75 Å². The summed E-state index contributed by atoms with van der Waals surface area (Å²) in [6.07, 6.45) is 9.37. The molecule has 1 spiro atoms. The van der Waals surface area contributed by atoms with Crippen molar-refractivity contribution in [1.29, 1.82) is 0 Å². The Balaban J connectivity index is 1.47. The fraction of sp³-hybridized carbons (Fsp3) is 0.550. The first-order valence-electron chi connectivity index (χ1n) is 9.55. The number of rotatable bonds is 4. The van der Waals surface area contributed by atoms with Gasteiger partial charge in [-0.3, -0.25) is 4.79 Å². The topological polar surface area (TPSA) is 69.0 Å². The van der Waals surface area contributed by atoms with Crippen molar-refractivity contribution >= 4 is 5.91 Å². The number of fused-ring (bicyclic) bond motifs is 1. The highest BCUT2D eigenvalue weighted by Crippen LogP contribution is 2.46. The van der Waals surface area contributed by atoms with E-state index in [1.165, 1.54) is 19.3 Å². The number of nitrogens with zero attached hydrogens (tertiary/aromatic N) is 3. The normalized spacial score (nSPS) is 21.0. The summed E-state index contributed by atoms with van der Waals surface area (Å²) in [5.74, 6) is 1.82. The molecule has 26 heavy (non-hydrogen) atoms. The Hall–Kier alpha value is -2.37. The molecule has 1 atom stereocenters. The summed E-state index contributed by atoms with van der Waals surface area (Å²) in [5, 5.41) is 11.2. The maximum Gasteiger partial charge on any atom is 0.220 e. The van der Waals surface area contributed by atoms with Gasteiger partial charge in [-0.1, -0.05) is 24.6 Å². The molecule has 2 aromatic rings. The first-order valence-corrected chi connectivity index (χ1v) is 9.55. The van der Waals surface area contributed by atoms with Crippen molar-refractivity contribution in [2.24, 2.45) is 7.05 Å². The highest BCUT2D eigenvalue weighted by atomic mass is 16.5. The Labute approximate surface area is 154 Å². The number of ether oxygens (including phenoxy) is 1. The lowest BCUT2D eigenvalue weighted by atomic mass is 9.77. The molecule has 1 aliphatic heterocycles. The van der Waals surface area contributed by atoms with E-state index in [0.717, 1.165) is 36.4 Å². The fourth-order valence-corrected chi connectivity index (χ4v) is 4.27. The van der Waals surface area contributed by atoms with Gasteiger partial charge in [-0.2, -0.15) is 0 Å². The van der Waals surface area contributed by atoms with Gasteiger partial charge in [-0.15, -0.1) is 10.2 Å². The number of amides is 1. The monoisotopic (exact) mass is 354 g/mol. The van der Waals surface area contributed by atoms with Gasteiger partial charge in [-0.25, -0.2) is 0 Å². The van der Waals surface area contributed by atoms with Crippen molar-refractivity contribution in [3.05, 3.63) is 42.0 Å². The Morgan fingerprint density at radius 3 is 2.88 bits per heavy atom. The van der Waals surface area contributed by atoms with E-state index in [2.05, 4.69) is 21.6 Å². The lowest BCUT2D eigenvalue weighted by molar-refractivity contribution is -0.122. The van der Waals surface area contributed by atoms with Crippen molar-refractivity contribution in [2.75, 3.05) is 0 Å². The molecule has 0 unspecified atom stereocenters.